The molecule has 0 aliphatic carbocycles. The molecule has 1 unspecified atom stereocenters. The van der Waals surface area contributed by atoms with Crippen molar-refractivity contribution in [2.45, 2.75) is 12.3 Å². The number of benzene rings is 1. The van der Waals surface area contributed by atoms with E-state index in [2.05, 4.69) is 5.32 Å². The molecule has 0 radical (unpaired) electrons. The topological polar surface area (TPSA) is 134 Å². The third kappa shape index (κ3) is 4.69. The minimum absolute atomic E-state index is 0.103. The summed E-state index contributed by atoms with van der Waals surface area (Å²) < 4.78 is 0. The van der Waals surface area contributed by atoms with E-state index in [0.29, 0.717) is 11.3 Å². The second kappa shape index (κ2) is 7.31. The van der Waals surface area contributed by atoms with Gasteiger partial charge in [0.25, 0.3) is 0 Å². The lowest BCUT2D eigenvalue weighted by molar-refractivity contribution is -0.145. The number of aliphatic carboxylic acids is 2. The Bertz CT molecular complexity index is 634. The summed E-state index contributed by atoms with van der Waals surface area (Å²) in [5.74, 6) is -3.53. The van der Waals surface area contributed by atoms with Crippen LogP contribution < -0.4 is 5.32 Å². The second-order valence-corrected chi connectivity index (χ2v) is 4.04. The van der Waals surface area contributed by atoms with E-state index in [1.165, 1.54) is 30.5 Å². The number of carboxylic acids is 2. The van der Waals surface area contributed by atoms with Gasteiger partial charge in [0.1, 0.15) is 17.7 Å². The fraction of sp³-hybridized carbons (Fsp3) is 0.143. The summed E-state index contributed by atoms with van der Waals surface area (Å²) in [5, 5.41) is 37.6. The van der Waals surface area contributed by atoms with Crippen molar-refractivity contribution in [2.24, 2.45) is 0 Å². The molecule has 0 fully saturated rings. The first-order valence-corrected chi connectivity index (χ1v) is 5.79. The van der Waals surface area contributed by atoms with E-state index in [-0.39, 0.29) is 5.57 Å². The van der Waals surface area contributed by atoms with Crippen molar-refractivity contribution in [3.05, 3.63) is 41.6 Å². The van der Waals surface area contributed by atoms with Crippen LogP contribution >= 0.6 is 0 Å². The number of nitriles is 2. The van der Waals surface area contributed by atoms with Crippen molar-refractivity contribution >= 4 is 17.6 Å². The molecule has 3 N–H and O–H groups in total. The number of hydrogen-bond donors (Lipinski definition) is 3. The lowest BCUT2D eigenvalue weighted by atomic mass is 9.96. The second-order valence-electron chi connectivity index (χ2n) is 4.04. The smallest absolute Gasteiger partial charge is 0.311 e. The van der Waals surface area contributed by atoms with Crippen molar-refractivity contribution in [3.8, 4) is 12.1 Å². The number of rotatable bonds is 6. The van der Waals surface area contributed by atoms with Crippen LogP contribution in [0.5, 0.6) is 0 Å². The molecular weight excluding hydrogens is 274 g/mol. The Hall–Kier alpha value is -3.32. The standard InChI is InChI=1S/C14H11N3O4/c15-6-9(7-16)8-17-11-3-1-10(2-4-11)12(14(20)21)5-13(18)19/h1-4,8,12,17H,5H2,(H,18,19)(H,20,21). The van der Waals surface area contributed by atoms with Gasteiger partial charge in [0.15, 0.2) is 0 Å². The zero-order valence-corrected chi connectivity index (χ0v) is 10.8. The van der Waals surface area contributed by atoms with E-state index in [0.717, 1.165) is 0 Å². The quantitative estimate of drug-likeness (QED) is 0.676. The molecule has 0 aliphatic heterocycles. The van der Waals surface area contributed by atoms with Crippen LogP contribution in [0.4, 0.5) is 5.69 Å². The highest BCUT2D eigenvalue weighted by Crippen LogP contribution is 2.22. The molecule has 1 aromatic rings. The molecule has 1 rings (SSSR count). The predicted molar refractivity (Wildman–Crippen MR) is 72.0 cm³/mol. The first-order valence-electron chi connectivity index (χ1n) is 5.79. The largest absolute Gasteiger partial charge is 0.481 e. The number of carbonyl (C=O) groups is 2. The molecule has 1 aromatic carbocycles. The Balaban J connectivity index is 2.89. The van der Waals surface area contributed by atoms with Gasteiger partial charge in [-0.3, -0.25) is 9.59 Å². The van der Waals surface area contributed by atoms with Crippen molar-refractivity contribution in [1.29, 1.82) is 10.5 Å². The summed E-state index contributed by atoms with van der Waals surface area (Å²) in [5.41, 5.74) is 0.801. The van der Waals surface area contributed by atoms with Crippen LogP contribution in [0.2, 0.25) is 0 Å². The zero-order valence-electron chi connectivity index (χ0n) is 10.8. The third-order valence-corrected chi connectivity index (χ3v) is 2.61. The van der Waals surface area contributed by atoms with E-state index in [4.69, 9.17) is 20.7 Å². The van der Waals surface area contributed by atoms with E-state index in [1.54, 1.807) is 12.1 Å². The van der Waals surface area contributed by atoms with Crippen LogP contribution in [0.1, 0.15) is 17.9 Å². The number of nitrogens with one attached hydrogen (secondary N) is 1. The van der Waals surface area contributed by atoms with Crippen LogP contribution in [0.15, 0.2) is 36.0 Å². The number of hydrogen-bond acceptors (Lipinski definition) is 5. The van der Waals surface area contributed by atoms with E-state index < -0.39 is 24.3 Å². The van der Waals surface area contributed by atoms with Gasteiger partial charge < -0.3 is 15.5 Å². The average molecular weight is 285 g/mol. The highest BCUT2D eigenvalue weighted by Gasteiger charge is 2.22. The molecule has 1 atom stereocenters. The minimum atomic E-state index is -1.21. The molecular formula is C14H11N3O4. The maximum absolute atomic E-state index is 11.1. The predicted octanol–water partition coefficient (Wildman–Crippen LogP) is 1.67. The maximum atomic E-state index is 11.1. The molecule has 0 aromatic heterocycles. The number of nitrogens with zero attached hydrogens (tertiary/aromatic N) is 2. The Morgan fingerprint density at radius 3 is 2.19 bits per heavy atom. The molecule has 7 nitrogen and oxygen atoms in total. The van der Waals surface area contributed by atoms with Crippen LogP contribution in [0.3, 0.4) is 0 Å². The van der Waals surface area contributed by atoms with Gasteiger partial charge in [-0.15, -0.1) is 0 Å². The molecule has 0 spiro atoms. The summed E-state index contributed by atoms with van der Waals surface area (Å²) in [4.78, 5) is 21.7. The van der Waals surface area contributed by atoms with E-state index in [9.17, 15) is 9.59 Å². The molecule has 0 heterocycles. The molecule has 0 saturated heterocycles. The van der Waals surface area contributed by atoms with Gasteiger partial charge in [0.2, 0.25) is 0 Å². The van der Waals surface area contributed by atoms with Gasteiger partial charge in [-0.2, -0.15) is 10.5 Å². The third-order valence-electron chi connectivity index (χ3n) is 2.61. The summed E-state index contributed by atoms with van der Waals surface area (Å²) in [6, 6.07) is 9.41. The van der Waals surface area contributed by atoms with Crippen molar-refractivity contribution in [3.63, 3.8) is 0 Å². The van der Waals surface area contributed by atoms with Crippen LogP contribution in [0.25, 0.3) is 0 Å². The Kier molecular flexibility index (Phi) is 5.48. The fourth-order valence-corrected chi connectivity index (χ4v) is 1.58. The zero-order chi connectivity index (χ0) is 15.8. The molecule has 21 heavy (non-hydrogen) atoms. The monoisotopic (exact) mass is 285 g/mol. The lowest BCUT2D eigenvalue weighted by Crippen LogP contribution is -2.15. The van der Waals surface area contributed by atoms with Crippen molar-refractivity contribution in [2.75, 3.05) is 5.32 Å². The van der Waals surface area contributed by atoms with E-state index >= 15 is 0 Å². The first-order chi connectivity index (χ1) is 9.97. The van der Waals surface area contributed by atoms with Crippen LogP contribution in [0, 0.1) is 22.7 Å². The van der Waals surface area contributed by atoms with Crippen LogP contribution in [-0.4, -0.2) is 22.2 Å². The summed E-state index contributed by atoms with van der Waals surface area (Å²) in [7, 11) is 0. The Morgan fingerprint density at radius 2 is 1.76 bits per heavy atom. The fourth-order valence-electron chi connectivity index (χ4n) is 1.58. The molecule has 0 amide bonds. The van der Waals surface area contributed by atoms with Crippen molar-refractivity contribution < 1.29 is 19.8 Å². The lowest BCUT2D eigenvalue weighted by Gasteiger charge is -2.11. The summed E-state index contributed by atoms with van der Waals surface area (Å²) in [6.45, 7) is 0. The highest BCUT2D eigenvalue weighted by atomic mass is 16.4. The Morgan fingerprint density at radius 1 is 1.19 bits per heavy atom. The molecule has 0 bridgehead atoms. The maximum Gasteiger partial charge on any atom is 0.311 e. The number of anilines is 1. The number of carboxylic acid groups (broad SMARTS) is 2. The Labute approximate surface area is 120 Å². The molecule has 106 valence electrons. The first kappa shape index (κ1) is 15.7. The normalized spacial score (nSPS) is 10.6. The highest BCUT2D eigenvalue weighted by molar-refractivity contribution is 5.82. The summed E-state index contributed by atoms with van der Waals surface area (Å²) >= 11 is 0. The SMILES string of the molecule is N#CC(C#N)=CNc1ccc(C(CC(=O)O)C(=O)O)cc1. The van der Waals surface area contributed by atoms with Crippen molar-refractivity contribution in [1.82, 2.24) is 0 Å². The number of allylic oxidation sites excluding steroid dienone is 1. The van der Waals surface area contributed by atoms with Gasteiger partial charge in [-0.05, 0) is 17.7 Å². The molecule has 0 saturated carbocycles. The molecule has 0 aliphatic rings. The van der Waals surface area contributed by atoms with Gasteiger partial charge in [0.05, 0.1) is 12.3 Å². The van der Waals surface area contributed by atoms with E-state index in [1.807, 2.05) is 0 Å². The molecule has 7 heteroatoms. The minimum Gasteiger partial charge on any atom is -0.481 e. The van der Waals surface area contributed by atoms with Gasteiger partial charge in [-0.1, -0.05) is 12.1 Å². The van der Waals surface area contributed by atoms with Gasteiger partial charge >= 0.3 is 11.9 Å². The average Bonchev–Trinajstić information content (AvgIpc) is 2.46. The van der Waals surface area contributed by atoms with Gasteiger partial charge in [-0.25, -0.2) is 0 Å². The van der Waals surface area contributed by atoms with Gasteiger partial charge in [0, 0.05) is 11.9 Å². The summed E-state index contributed by atoms with van der Waals surface area (Å²) in [6.07, 6.45) is 0.718. The van der Waals surface area contributed by atoms with Crippen LogP contribution in [-0.2, 0) is 9.59 Å².